The van der Waals surface area contributed by atoms with Gasteiger partial charge in [0.25, 0.3) is 5.91 Å². The second-order valence-electron chi connectivity index (χ2n) is 10.3. The highest BCUT2D eigenvalue weighted by Crippen LogP contribution is 2.41. The van der Waals surface area contributed by atoms with Crippen LogP contribution in [-0.2, 0) is 24.4 Å². The van der Waals surface area contributed by atoms with E-state index in [2.05, 4.69) is 58.5 Å². The predicted molar refractivity (Wildman–Crippen MR) is 152 cm³/mol. The van der Waals surface area contributed by atoms with Gasteiger partial charge in [-0.05, 0) is 60.6 Å². The number of aromatic nitrogens is 1. The van der Waals surface area contributed by atoms with Crippen molar-refractivity contribution in [2.75, 3.05) is 6.54 Å². The zero-order valence-corrected chi connectivity index (χ0v) is 22.7. The molecule has 1 N–H and O–H groups in total. The van der Waals surface area contributed by atoms with Gasteiger partial charge in [0.15, 0.2) is 0 Å². The molecule has 1 atom stereocenters. The Kier molecular flexibility index (Phi) is 7.16. The summed E-state index contributed by atoms with van der Waals surface area (Å²) in [5, 5.41) is 5.42. The Bertz CT molecular complexity index is 1500. The van der Waals surface area contributed by atoms with Gasteiger partial charge in [0.2, 0.25) is 5.91 Å². The Morgan fingerprint density at radius 2 is 1.90 bits per heavy atom. The van der Waals surface area contributed by atoms with E-state index >= 15 is 0 Å². The Hall–Kier alpha value is -3.97. The normalized spacial score (nSPS) is 16.4. The number of aryl methyl sites for hydroxylation is 1. The number of nitrogens with zero attached hydrogens (tertiary/aromatic N) is 2. The highest BCUT2D eigenvalue weighted by molar-refractivity contribution is 7.09. The fourth-order valence-corrected chi connectivity index (χ4v) is 5.87. The molecule has 1 saturated carbocycles. The first kappa shape index (κ1) is 25.3. The third-order valence-electron chi connectivity index (χ3n) is 7.36. The van der Waals surface area contributed by atoms with Crippen molar-refractivity contribution >= 4 is 23.2 Å². The van der Waals surface area contributed by atoms with Crippen molar-refractivity contribution in [1.82, 2.24) is 15.2 Å². The molecule has 3 aromatic carbocycles. The fraction of sp³-hybridized carbons (Fsp3) is 0.281. The van der Waals surface area contributed by atoms with Crippen LogP contribution in [0.4, 0.5) is 0 Å². The summed E-state index contributed by atoms with van der Waals surface area (Å²) in [5.74, 6) is 0.968. The van der Waals surface area contributed by atoms with Gasteiger partial charge in [-0.2, -0.15) is 0 Å². The van der Waals surface area contributed by atoms with Crippen LogP contribution in [0.3, 0.4) is 0 Å². The van der Waals surface area contributed by atoms with Crippen LogP contribution in [0.25, 0.3) is 0 Å². The minimum absolute atomic E-state index is 0.120. The molecule has 0 radical (unpaired) electrons. The van der Waals surface area contributed by atoms with E-state index in [1.54, 1.807) is 5.38 Å². The number of nitrogens with one attached hydrogen (secondary N) is 1. The molecule has 6 rings (SSSR count). The Morgan fingerprint density at radius 1 is 1.05 bits per heavy atom. The molecule has 0 bridgehead atoms. The van der Waals surface area contributed by atoms with Crippen molar-refractivity contribution in [3.05, 3.63) is 117 Å². The molecule has 0 spiro atoms. The van der Waals surface area contributed by atoms with E-state index in [1.165, 1.54) is 22.5 Å². The van der Waals surface area contributed by atoms with Crippen molar-refractivity contribution < 1.29 is 14.3 Å². The predicted octanol–water partition coefficient (Wildman–Crippen LogP) is 5.84. The number of fused-ring (bicyclic) bond motifs is 1. The molecule has 39 heavy (non-hydrogen) atoms. The lowest BCUT2D eigenvalue weighted by atomic mass is 9.87. The number of benzene rings is 3. The van der Waals surface area contributed by atoms with Gasteiger partial charge in [0, 0.05) is 24.4 Å². The van der Waals surface area contributed by atoms with Gasteiger partial charge in [0.1, 0.15) is 23.1 Å². The molecular formula is C32H31N3O3S. The first-order valence-electron chi connectivity index (χ1n) is 13.4. The third-order valence-corrected chi connectivity index (χ3v) is 8.18. The lowest BCUT2D eigenvalue weighted by Crippen LogP contribution is -2.41. The van der Waals surface area contributed by atoms with E-state index in [4.69, 9.17) is 4.74 Å². The van der Waals surface area contributed by atoms with Gasteiger partial charge in [-0.15, -0.1) is 11.3 Å². The molecule has 2 aliphatic rings. The maximum Gasteiger partial charge on any atom is 0.271 e. The fourth-order valence-electron chi connectivity index (χ4n) is 5.18. The van der Waals surface area contributed by atoms with Crippen LogP contribution >= 0.6 is 11.3 Å². The SMILES string of the molecule is Cc1cccc(C2c3cc(OCc4nc(C(=O)NCc5ccccc5)cs4)ccc3CCN2C(=O)C2CC2)c1. The second kappa shape index (κ2) is 11.0. The standard InChI is InChI=1S/C32H31N3O3S/c1-21-6-5-9-25(16-21)30-27-17-26(13-12-23(27)14-15-35(30)32(37)24-10-11-24)38-19-29-34-28(20-39-29)31(36)33-18-22-7-3-2-4-8-22/h2-9,12-13,16-17,20,24,30H,10-11,14-15,18-19H2,1H3,(H,33,36). The monoisotopic (exact) mass is 537 g/mol. The number of rotatable bonds is 8. The van der Waals surface area contributed by atoms with Gasteiger partial charge in [0.05, 0.1) is 6.04 Å². The van der Waals surface area contributed by atoms with E-state index in [-0.39, 0.29) is 30.4 Å². The van der Waals surface area contributed by atoms with Gasteiger partial charge in [-0.25, -0.2) is 4.98 Å². The highest BCUT2D eigenvalue weighted by Gasteiger charge is 2.39. The van der Waals surface area contributed by atoms with E-state index in [1.807, 2.05) is 36.4 Å². The summed E-state index contributed by atoms with van der Waals surface area (Å²) in [6.07, 6.45) is 2.82. The minimum atomic E-state index is -0.198. The molecule has 1 fully saturated rings. The molecule has 2 amide bonds. The zero-order valence-electron chi connectivity index (χ0n) is 21.9. The number of hydrogen-bond acceptors (Lipinski definition) is 5. The van der Waals surface area contributed by atoms with Gasteiger partial charge >= 0.3 is 0 Å². The minimum Gasteiger partial charge on any atom is -0.486 e. The van der Waals surface area contributed by atoms with Crippen molar-refractivity contribution in [3.8, 4) is 5.75 Å². The van der Waals surface area contributed by atoms with E-state index in [0.717, 1.165) is 53.3 Å². The van der Waals surface area contributed by atoms with Crippen LogP contribution in [0.1, 0.15) is 62.2 Å². The number of thiazole rings is 1. The topological polar surface area (TPSA) is 71.5 Å². The molecule has 1 unspecified atom stereocenters. The Balaban J connectivity index is 1.17. The summed E-state index contributed by atoms with van der Waals surface area (Å²) in [6.45, 7) is 3.55. The summed E-state index contributed by atoms with van der Waals surface area (Å²) in [4.78, 5) is 32.4. The molecule has 0 saturated heterocycles. The summed E-state index contributed by atoms with van der Waals surface area (Å²) in [7, 11) is 0. The lowest BCUT2D eigenvalue weighted by molar-refractivity contribution is -0.134. The maximum absolute atomic E-state index is 13.3. The molecule has 2 heterocycles. The molecular weight excluding hydrogens is 506 g/mol. The number of hydrogen-bond donors (Lipinski definition) is 1. The first-order chi connectivity index (χ1) is 19.0. The molecule has 1 aromatic heterocycles. The van der Waals surface area contributed by atoms with Crippen LogP contribution in [0.2, 0.25) is 0 Å². The number of carbonyl (C=O) groups excluding carboxylic acids is 2. The summed E-state index contributed by atoms with van der Waals surface area (Å²) >= 11 is 1.41. The van der Waals surface area contributed by atoms with Crippen LogP contribution in [0, 0.1) is 12.8 Å². The largest absolute Gasteiger partial charge is 0.486 e. The summed E-state index contributed by atoms with van der Waals surface area (Å²) in [5.41, 5.74) is 6.12. The van der Waals surface area contributed by atoms with E-state index < -0.39 is 0 Å². The van der Waals surface area contributed by atoms with E-state index in [0.29, 0.717) is 12.2 Å². The molecule has 4 aromatic rings. The zero-order chi connectivity index (χ0) is 26.8. The third kappa shape index (κ3) is 5.73. The first-order valence-corrected chi connectivity index (χ1v) is 14.3. The molecule has 6 nitrogen and oxygen atoms in total. The average Bonchev–Trinajstić information content (AvgIpc) is 3.71. The van der Waals surface area contributed by atoms with Gasteiger partial charge in [-0.3, -0.25) is 9.59 Å². The highest BCUT2D eigenvalue weighted by atomic mass is 32.1. The summed E-state index contributed by atoms with van der Waals surface area (Å²) in [6, 6.07) is 24.3. The molecule has 1 aliphatic carbocycles. The smallest absolute Gasteiger partial charge is 0.271 e. The van der Waals surface area contributed by atoms with Crippen LogP contribution in [0.15, 0.2) is 78.2 Å². The van der Waals surface area contributed by atoms with Gasteiger partial charge < -0.3 is 15.0 Å². The van der Waals surface area contributed by atoms with Crippen molar-refractivity contribution in [2.24, 2.45) is 5.92 Å². The Morgan fingerprint density at radius 3 is 2.69 bits per heavy atom. The maximum atomic E-state index is 13.3. The van der Waals surface area contributed by atoms with Crippen molar-refractivity contribution in [1.29, 1.82) is 0 Å². The molecule has 1 aliphatic heterocycles. The second-order valence-corrected chi connectivity index (χ2v) is 11.3. The number of amides is 2. The van der Waals surface area contributed by atoms with Gasteiger partial charge in [-0.1, -0.05) is 66.2 Å². The molecule has 198 valence electrons. The van der Waals surface area contributed by atoms with Crippen LogP contribution in [0.5, 0.6) is 5.75 Å². The molecule has 7 heteroatoms. The Labute approximate surface area is 232 Å². The quantitative estimate of drug-likeness (QED) is 0.306. The van der Waals surface area contributed by atoms with Crippen molar-refractivity contribution in [2.45, 2.75) is 45.4 Å². The van der Waals surface area contributed by atoms with Crippen LogP contribution < -0.4 is 10.1 Å². The lowest BCUT2D eigenvalue weighted by Gasteiger charge is -2.38. The van der Waals surface area contributed by atoms with Crippen LogP contribution in [-0.4, -0.2) is 28.2 Å². The van der Waals surface area contributed by atoms with Crippen molar-refractivity contribution in [3.63, 3.8) is 0 Å². The average molecular weight is 538 g/mol. The number of ether oxygens (including phenoxy) is 1. The summed E-state index contributed by atoms with van der Waals surface area (Å²) < 4.78 is 6.16. The number of carbonyl (C=O) groups is 2. The van der Waals surface area contributed by atoms with E-state index in [9.17, 15) is 9.59 Å².